The summed E-state index contributed by atoms with van der Waals surface area (Å²) in [5.41, 5.74) is 1.01. The van der Waals surface area contributed by atoms with Crippen molar-refractivity contribution in [1.82, 2.24) is 20.2 Å². The van der Waals surface area contributed by atoms with Gasteiger partial charge in [-0.1, -0.05) is 30.3 Å². The molecule has 1 heterocycles. The number of nitrogens with one attached hydrogen (secondary N) is 1. The summed E-state index contributed by atoms with van der Waals surface area (Å²) in [5.74, 6) is -0.285. The molecule has 2 amide bonds. The van der Waals surface area contributed by atoms with Crippen molar-refractivity contribution < 1.29 is 9.59 Å². The van der Waals surface area contributed by atoms with Crippen LogP contribution in [0.3, 0.4) is 0 Å². The van der Waals surface area contributed by atoms with Crippen LogP contribution in [0, 0.1) is 0 Å². The Morgan fingerprint density at radius 1 is 1.14 bits per heavy atom. The van der Waals surface area contributed by atoms with Gasteiger partial charge in [-0.3, -0.25) is 9.59 Å². The number of benzene rings is 1. The van der Waals surface area contributed by atoms with Gasteiger partial charge in [0.1, 0.15) is 0 Å². The van der Waals surface area contributed by atoms with Crippen LogP contribution in [0.2, 0.25) is 0 Å². The smallest absolute Gasteiger partial charge is 0.253 e. The topological polar surface area (TPSA) is 75.2 Å². The average Bonchev–Trinajstić information content (AvgIpc) is 2.53. The van der Waals surface area contributed by atoms with Gasteiger partial charge in [0.05, 0.1) is 0 Å². The summed E-state index contributed by atoms with van der Waals surface area (Å²) in [6.07, 6.45) is 3.09. The molecule has 2 rings (SSSR count). The highest BCUT2D eigenvalue weighted by atomic mass is 16.2. The Balaban J connectivity index is 2.16. The van der Waals surface area contributed by atoms with E-state index in [9.17, 15) is 9.59 Å². The number of aromatic nitrogens is 2. The van der Waals surface area contributed by atoms with Crippen molar-refractivity contribution in [3.63, 3.8) is 0 Å². The molecule has 6 nitrogen and oxygen atoms in total. The summed E-state index contributed by atoms with van der Waals surface area (Å²) < 4.78 is 0. The van der Waals surface area contributed by atoms with E-state index >= 15 is 0 Å². The molecule has 1 aromatic heterocycles. The molecule has 0 saturated carbocycles. The molecular weight excluding hydrogens is 280 g/mol. The van der Waals surface area contributed by atoms with Crippen molar-refractivity contribution in [3.05, 3.63) is 60.2 Å². The Bertz CT molecular complexity index is 631. The third-order valence-corrected chi connectivity index (χ3v) is 3.08. The molecule has 0 bridgehead atoms. The van der Waals surface area contributed by atoms with Crippen LogP contribution in [0.1, 0.15) is 24.4 Å². The van der Waals surface area contributed by atoms with Crippen molar-refractivity contribution in [2.75, 3.05) is 7.05 Å². The van der Waals surface area contributed by atoms with Gasteiger partial charge in [0.15, 0.2) is 11.9 Å². The van der Waals surface area contributed by atoms with Crippen molar-refractivity contribution in [2.24, 2.45) is 0 Å². The van der Waals surface area contributed by atoms with Crippen LogP contribution in [0.15, 0.2) is 48.8 Å². The first kappa shape index (κ1) is 15.6. The van der Waals surface area contributed by atoms with Gasteiger partial charge in [-0.2, -0.15) is 0 Å². The van der Waals surface area contributed by atoms with Crippen LogP contribution in [0.4, 0.5) is 0 Å². The Hall–Kier alpha value is -2.76. The van der Waals surface area contributed by atoms with E-state index < -0.39 is 6.04 Å². The van der Waals surface area contributed by atoms with Crippen molar-refractivity contribution >= 4 is 11.8 Å². The molecule has 0 aliphatic carbocycles. The quantitative estimate of drug-likeness (QED) is 0.903. The van der Waals surface area contributed by atoms with Gasteiger partial charge in [-0.25, -0.2) is 9.97 Å². The SMILES string of the molecule is CC(=O)NC(C(=O)N(C)Cc1ccccc1)c1ncccn1. The van der Waals surface area contributed by atoms with Gasteiger partial charge in [0.25, 0.3) is 5.91 Å². The second kappa shape index (κ2) is 7.31. The first-order valence-corrected chi connectivity index (χ1v) is 6.91. The zero-order valence-electron chi connectivity index (χ0n) is 12.6. The predicted molar refractivity (Wildman–Crippen MR) is 81.5 cm³/mol. The van der Waals surface area contributed by atoms with Crippen LogP contribution >= 0.6 is 0 Å². The van der Waals surface area contributed by atoms with Crippen LogP contribution in [-0.2, 0) is 16.1 Å². The van der Waals surface area contributed by atoms with Gasteiger partial charge >= 0.3 is 0 Å². The highest BCUT2D eigenvalue weighted by Crippen LogP contribution is 2.12. The molecule has 0 fully saturated rings. The van der Waals surface area contributed by atoms with E-state index in [0.29, 0.717) is 6.54 Å². The van der Waals surface area contributed by atoms with Crippen LogP contribution in [0.25, 0.3) is 0 Å². The van der Waals surface area contributed by atoms with E-state index in [0.717, 1.165) is 5.56 Å². The van der Waals surface area contributed by atoms with Gasteiger partial charge in [0, 0.05) is 32.9 Å². The van der Waals surface area contributed by atoms with E-state index in [2.05, 4.69) is 15.3 Å². The summed E-state index contributed by atoms with van der Waals surface area (Å²) in [6.45, 7) is 1.81. The molecule has 22 heavy (non-hydrogen) atoms. The Morgan fingerprint density at radius 2 is 1.77 bits per heavy atom. The first-order valence-electron chi connectivity index (χ1n) is 6.91. The Labute approximate surface area is 129 Å². The van der Waals surface area contributed by atoms with E-state index in [-0.39, 0.29) is 17.6 Å². The fourth-order valence-electron chi connectivity index (χ4n) is 2.06. The summed E-state index contributed by atoms with van der Waals surface area (Å²) in [6, 6.07) is 10.4. The summed E-state index contributed by atoms with van der Waals surface area (Å²) in [4.78, 5) is 33.7. The molecule has 114 valence electrons. The number of carbonyl (C=O) groups is 2. The minimum Gasteiger partial charge on any atom is -0.339 e. The lowest BCUT2D eigenvalue weighted by molar-refractivity contribution is -0.135. The fraction of sp³-hybridized carbons (Fsp3) is 0.250. The molecule has 0 spiro atoms. The Morgan fingerprint density at radius 3 is 2.36 bits per heavy atom. The molecule has 1 aromatic carbocycles. The number of hydrogen-bond donors (Lipinski definition) is 1. The van der Waals surface area contributed by atoms with Crippen LogP contribution in [0.5, 0.6) is 0 Å². The lowest BCUT2D eigenvalue weighted by Crippen LogP contribution is -2.41. The number of rotatable bonds is 5. The number of nitrogens with zero attached hydrogens (tertiary/aromatic N) is 3. The highest BCUT2D eigenvalue weighted by molar-refractivity contribution is 5.87. The van der Waals surface area contributed by atoms with Crippen molar-refractivity contribution in [1.29, 1.82) is 0 Å². The van der Waals surface area contributed by atoms with E-state index in [4.69, 9.17) is 0 Å². The maximum absolute atomic E-state index is 12.6. The second-order valence-corrected chi connectivity index (χ2v) is 4.92. The van der Waals surface area contributed by atoms with Crippen molar-refractivity contribution in [3.8, 4) is 0 Å². The van der Waals surface area contributed by atoms with Gasteiger partial charge in [0.2, 0.25) is 5.91 Å². The summed E-state index contributed by atoms with van der Waals surface area (Å²) >= 11 is 0. The van der Waals surface area contributed by atoms with E-state index in [1.54, 1.807) is 30.4 Å². The minimum absolute atomic E-state index is 0.259. The predicted octanol–water partition coefficient (Wildman–Crippen LogP) is 1.31. The maximum Gasteiger partial charge on any atom is 0.253 e. The molecule has 1 N–H and O–H groups in total. The maximum atomic E-state index is 12.6. The van der Waals surface area contributed by atoms with Gasteiger partial charge in [-0.05, 0) is 11.6 Å². The third-order valence-electron chi connectivity index (χ3n) is 3.08. The van der Waals surface area contributed by atoms with Gasteiger partial charge < -0.3 is 10.2 Å². The van der Waals surface area contributed by atoms with E-state index in [1.165, 1.54) is 6.92 Å². The minimum atomic E-state index is -0.882. The average molecular weight is 298 g/mol. The summed E-state index contributed by atoms with van der Waals surface area (Å²) in [7, 11) is 1.69. The number of likely N-dealkylation sites (N-methyl/N-ethyl adjacent to an activating group) is 1. The number of carbonyl (C=O) groups excluding carboxylic acids is 2. The highest BCUT2D eigenvalue weighted by Gasteiger charge is 2.27. The zero-order valence-corrected chi connectivity index (χ0v) is 12.6. The summed E-state index contributed by atoms with van der Waals surface area (Å²) in [5, 5.41) is 2.61. The second-order valence-electron chi connectivity index (χ2n) is 4.92. The molecule has 1 atom stereocenters. The standard InChI is InChI=1S/C16H18N4O2/c1-12(21)19-14(15-17-9-6-10-18-15)16(22)20(2)11-13-7-4-3-5-8-13/h3-10,14H,11H2,1-2H3,(H,19,21). The molecular formula is C16H18N4O2. The van der Waals surface area contributed by atoms with Crippen molar-refractivity contribution in [2.45, 2.75) is 19.5 Å². The molecule has 0 radical (unpaired) electrons. The van der Waals surface area contributed by atoms with Crippen LogP contribution in [-0.4, -0.2) is 33.7 Å². The fourth-order valence-corrected chi connectivity index (χ4v) is 2.06. The zero-order chi connectivity index (χ0) is 15.9. The lowest BCUT2D eigenvalue weighted by Gasteiger charge is -2.23. The molecule has 6 heteroatoms. The van der Waals surface area contributed by atoms with Gasteiger partial charge in [-0.15, -0.1) is 0 Å². The number of hydrogen-bond acceptors (Lipinski definition) is 4. The van der Waals surface area contributed by atoms with Crippen LogP contribution < -0.4 is 5.32 Å². The molecule has 1 unspecified atom stereocenters. The molecule has 2 aromatic rings. The molecule has 0 aliphatic rings. The third kappa shape index (κ3) is 4.12. The molecule has 0 aliphatic heterocycles. The normalized spacial score (nSPS) is 11.5. The Kier molecular flexibility index (Phi) is 5.19. The molecule has 0 saturated heterocycles. The van der Waals surface area contributed by atoms with E-state index in [1.807, 2.05) is 30.3 Å². The first-order chi connectivity index (χ1) is 10.6. The lowest BCUT2D eigenvalue weighted by atomic mass is 10.2. The number of amides is 2. The largest absolute Gasteiger partial charge is 0.339 e. The monoisotopic (exact) mass is 298 g/mol.